The zero-order valence-corrected chi connectivity index (χ0v) is 25.7. The van der Waals surface area contributed by atoms with Gasteiger partial charge in [-0.1, -0.05) is 110 Å². The Hall–Kier alpha value is -4.01. The monoisotopic (exact) mass is 605 g/mol. The molecule has 4 aromatic carbocycles. The third kappa shape index (κ3) is 8.38. The summed E-state index contributed by atoms with van der Waals surface area (Å²) in [7, 11) is 0. The van der Waals surface area contributed by atoms with Crippen LogP contribution in [-0.4, -0.2) is 41.8 Å². The first-order valence-electron chi connectivity index (χ1n) is 16.1. The number of urea groups is 1. The molecule has 2 heterocycles. The second-order valence-corrected chi connectivity index (χ2v) is 12.0. The van der Waals surface area contributed by atoms with E-state index in [4.69, 9.17) is 9.47 Å². The lowest BCUT2D eigenvalue weighted by atomic mass is 9.97. The van der Waals surface area contributed by atoms with E-state index in [1.807, 2.05) is 60.7 Å². The van der Waals surface area contributed by atoms with E-state index in [0.29, 0.717) is 13.1 Å². The first-order valence-corrected chi connectivity index (χ1v) is 16.1. The summed E-state index contributed by atoms with van der Waals surface area (Å²) in [6.07, 6.45) is 4.08. The van der Waals surface area contributed by atoms with Crippen LogP contribution in [0.2, 0.25) is 0 Å². The van der Waals surface area contributed by atoms with Crippen molar-refractivity contribution in [1.82, 2.24) is 15.5 Å². The van der Waals surface area contributed by atoms with Gasteiger partial charge in [0.25, 0.3) is 0 Å². The van der Waals surface area contributed by atoms with Gasteiger partial charge in [0.2, 0.25) is 0 Å². The number of nitrogens with zero attached hydrogens (tertiary/aromatic N) is 1. The zero-order valence-electron chi connectivity index (χ0n) is 25.7. The van der Waals surface area contributed by atoms with Gasteiger partial charge in [-0.3, -0.25) is 0 Å². The predicted molar refractivity (Wildman–Crippen MR) is 176 cm³/mol. The summed E-state index contributed by atoms with van der Waals surface area (Å²) in [5, 5.41) is 15.4. The van der Waals surface area contributed by atoms with Crippen LogP contribution in [0.15, 0.2) is 103 Å². The number of aliphatic hydroxyl groups excluding tert-OH is 1. The SMILES string of the molecule is O=C(NCc1ccccc1)NCc1ccccc1-c1ccc([C@@H]2O[C@H](CN3CCCCC3)C[C@H](c3ccc(CO)cc3)O2)cc1. The number of likely N-dealkylation sites (tertiary alicyclic amines) is 1. The van der Waals surface area contributed by atoms with E-state index in [1.54, 1.807) is 0 Å². The molecule has 7 nitrogen and oxygen atoms in total. The predicted octanol–water partition coefficient (Wildman–Crippen LogP) is 6.88. The number of rotatable bonds is 10. The maximum absolute atomic E-state index is 12.5. The fraction of sp³-hybridized carbons (Fsp3) is 0.342. The van der Waals surface area contributed by atoms with Crippen LogP contribution >= 0.6 is 0 Å². The molecule has 234 valence electrons. The minimum Gasteiger partial charge on any atom is -0.392 e. The van der Waals surface area contributed by atoms with E-state index >= 15 is 0 Å². The molecule has 3 atom stereocenters. The topological polar surface area (TPSA) is 83.1 Å². The molecule has 2 saturated heterocycles. The molecule has 3 N–H and O–H groups in total. The van der Waals surface area contributed by atoms with Crippen molar-refractivity contribution < 1.29 is 19.4 Å². The summed E-state index contributed by atoms with van der Waals surface area (Å²) in [5.41, 5.74) is 7.22. The molecule has 6 rings (SSSR count). The lowest BCUT2D eigenvalue weighted by Crippen LogP contribution is -2.41. The fourth-order valence-corrected chi connectivity index (χ4v) is 6.26. The molecule has 0 aliphatic carbocycles. The van der Waals surface area contributed by atoms with Crippen LogP contribution in [0.5, 0.6) is 0 Å². The van der Waals surface area contributed by atoms with Gasteiger partial charge in [-0.15, -0.1) is 0 Å². The molecule has 0 spiro atoms. The minimum atomic E-state index is -0.477. The number of ether oxygens (including phenoxy) is 2. The second-order valence-electron chi connectivity index (χ2n) is 12.0. The van der Waals surface area contributed by atoms with Crippen LogP contribution in [0.1, 0.15) is 65.9 Å². The molecular weight excluding hydrogens is 562 g/mol. The van der Waals surface area contributed by atoms with Gasteiger partial charge in [-0.2, -0.15) is 0 Å². The Bertz CT molecular complexity index is 1500. The number of carbonyl (C=O) groups is 1. The molecule has 0 saturated carbocycles. The first-order chi connectivity index (χ1) is 22.1. The summed E-state index contributed by atoms with van der Waals surface area (Å²) in [5.74, 6) is 0. The summed E-state index contributed by atoms with van der Waals surface area (Å²) < 4.78 is 13.2. The van der Waals surface area contributed by atoms with Gasteiger partial charge in [0, 0.05) is 31.6 Å². The average molecular weight is 606 g/mol. The molecule has 2 aliphatic heterocycles. The van der Waals surface area contributed by atoms with E-state index in [0.717, 1.165) is 65.0 Å². The van der Waals surface area contributed by atoms with Crippen molar-refractivity contribution in [2.75, 3.05) is 19.6 Å². The number of benzene rings is 4. The van der Waals surface area contributed by atoms with E-state index < -0.39 is 6.29 Å². The Balaban J connectivity index is 1.14. The van der Waals surface area contributed by atoms with Crippen LogP contribution in [0, 0.1) is 0 Å². The highest BCUT2D eigenvalue weighted by Crippen LogP contribution is 2.39. The number of hydrogen-bond acceptors (Lipinski definition) is 5. The highest BCUT2D eigenvalue weighted by atomic mass is 16.7. The molecule has 0 unspecified atom stereocenters. The third-order valence-corrected chi connectivity index (χ3v) is 8.77. The van der Waals surface area contributed by atoms with E-state index in [-0.39, 0.29) is 24.8 Å². The van der Waals surface area contributed by atoms with Gasteiger partial charge in [-0.25, -0.2) is 4.79 Å². The van der Waals surface area contributed by atoms with E-state index in [1.165, 1.54) is 19.3 Å². The molecule has 2 fully saturated rings. The summed E-state index contributed by atoms with van der Waals surface area (Å²) >= 11 is 0. The molecular formula is C38H43N3O4. The number of carbonyl (C=O) groups excluding carboxylic acids is 1. The van der Waals surface area contributed by atoms with Gasteiger partial charge in [0.15, 0.2) is 6.29 Å². The van der Waals surface area contributed by atoms with Crippen molar-refractivity contribution in [2.45, 2.75) is 63.9 Å². The highest BCUT2D eigenvalue weighted by Gasteiger charge is 2.33. The Morgan fingerprint density at radius 2 is 1.42 bits per heavy atom. The van der Waals surface area contributed by atoms with Crippen LogP contribution in [0.25, 0.3) is 11.1 Å². The number of hydrogen-bond donors (Lipinski definition) is 3. The summed E-state index contributed by atoms with van der Waals surface area (Å²) in [6.45, 7) is 4.08. The number of piperidine rings is 1. The molecule has 0 radical (unpaired) electrons. The van der Waals surface area contributed by atoms with Crippen molar-refractivity contribution in [1.29, 1.82) is 0 Å². The number of nitrogens with one attached hydrogen (secondary N) is 2. The molecule has 2 aliphatic rings. The zero-order chi connectivity index (χ0) is 30.8. The lowest BCUT2D eigenvalue weighted by Gasteiger charge is -2.39. The van der Waals surface area contributed by atoms with Crippen LogP contribution in [-0.2, 0) is 29.2 Å². The molecule has 45 heavy (non-hydrogen) atoms. The van der Waals surface area contributed by atoms with Crippen molar-refractivity contribution >= 4 is 6.03 Å². The smallest absolute Gasteiger partial charge is 0.315 e. The Labute approximate surface area is 266 Å². The number of aliphatic hydroxyl groups is 1. The molecule has 0 aromatic heterocycles. The quantitative estimate of drug-likeness (QED) is 0.184. The molecule has 0 bridgehead atoms. The van der Waals surface area contributed by atoms with Crippen molar-refractivity contribution in [3.8, 4) is 11.1 Å². The molecule has 4 aromatic rings. The fourth-order valence-electron chi connectivity index (χ4n) is 6.26. The van der Waals surface area contributed by atoms with Gasteiger partial charge < -0.3 is 30.1 Å². The average Bonchev–Trinajstić information content (AvgIpc) is 3.11. The normalized spacial score (nSPS) is 20.4. The minimum absolute atomic E-state index is 0.0299. The van der Waals surface area contributed by atoms with Gasteiger partial charge in [0.05, 0.1) is 18.8 Å². The van der Waals surface area contributed by atoms with E-state index in [2.05, 4.69) is 58.0 Å². The Morgan fingerprint density at radius 1 is 0.733 bits per heavy atom. The van der Waals surface area contributed by atoms with Gasteiger partial charge in [0.1, 0.15) is 0 Å². The first kappa shape index (κ1) is 31.0. The van der Waals surface area contributed by atoms with Crippen LogP contribution in [0.3, 0.4) is 0 Å². The number of amides is 2. The standard InChI is InChI=1S/C38H43N3O4/c42-27-29-13-15-31(16-14-29)36-23-34(26-41-21-7-2-8-22-41)44-37(45-36)32-19-17-30(18-20-32)35-12-6-5-11-33(35)25-40-38(43)39-24-28-9-3-1-4-10-28/h1,3-6,9-20,34,36-37,42H,2,7-8,21-27H2,(H2,39,40,43)/t34-,36+,37+/m0/s1. The van der Waals surface area contributed by atoms with Crippen LogP contribution < -0.4 is 10.6 Å². The molecule has 2 amide bonds. The van der Waals surface area contributed by atoms with E-state index in [9.17, 15) is 9.90 Å². The van der Waals surface area contributed by atoms with Crippen molar-refractivity contribution in [3.63, 3.8) is 0 Å². The lowest BCUT2D eigenvalue weighted by molar-refractivity contribution is -0.253. The van der Waals surface area contributed by atoms with Crippen molar-refractivity contribution in [3.05, 3.63) is 131 Å². The summed E-state index contributed by atoms with van der Waals surface area (Å²) in [6, 6.07) is 34.3. The maximum Gasteiger partial charge on any atom is 0.315 e. The highest BCUT2D eigenvalue weighted by molar-refractivity contribution is 5.75. The Kier molecular flexibility index (Phi) is 10.6. The maximum atomic E-state index is 12.5. The van der Waals surface area contributed by atoms with Gasteiger partial charge >= 0.3 is 6.03 Å². The van der Waals surface area contributed by atoms with Crippen LogP contribution in [0.4, 0.5) is 4.79 Å². The van der Waals surface area contributed by atoms with Crippen molar-refractivity contribution in [2.24, 2.45) is 0 Å². The third-order valence-electron chi connectivity index (χ3n) is 8.77. The largest absolute Gasteiger partial charge is 0.392 e. The Morgan fingerprint density at radius 3 is 2.18 bits per heavy atom. The van der Waals surface area contributed by atoms with Gasteiger partial charge in [-0.05, 0) is 59.3 Å². The second kappa shape index (κ2) is 15.3. The molecule has 7 heteroatoms. The summed E-state index contributed by atoms with van der Waals surface area (Å²) in [4.78, 5) is 15.0.